The number of methoxy groups -OCH3 is 1. The van der Waals surface area contributed by atoms with Gasteiger partial charge in [0.05, 0.1) is 7.11 Å². The van der Waals surface area contributed by atoms with Gasteiger partial charge in [-0.2, -0.15) is 0 Å². The van der Waals surface area contributed by atoms with Crippen LogP contribution in [0.4, 0.5) is 0 Å². The van der Waals surface area contributed by atoms with E-state index in [1.807, 2.05) is 6.20 Å². The average Bonchev–Trinajstić information content (AvgIpc) is 2.98. The molecule has 2 heterocycles. The maximum Gasteiger partial charge on any atom is 0.220 e. The summed E-state index contributed by atoms with van der Waals surface area (Å²) in [6, 6.07) is 0.493. The van der Waals surface area contributed by atoms with Gasteiger partial charge in [-0.1, -0.05) is 12.2 Å². The lowest BCUT2D eigenvalue weighted by Crippen LogP contribution is -2.15. The molecular formula is C13H16N2O. The fourth-order valence-electron chi connectivity index (χ4n) is 2.67. The quantitative estimate of drug-likeness (QED) is 0.822. The van der Waals surface area contributed by atoms with Crippen molar-refractivity contribution in [3.8, 4) is 5.88 Å². The first kappa shape index (κ1) is 9.85. The molecule has 1 aromatic heterocycles. The zero-order chi connectivity index (χ0) is 11.0. The molecule has 1 aromatic rings. The van der Waals surface area contributed by atoms with E-state index in [4.69, 9.17) is 4.74 Å². The fraction of sp³-hybridized carbons (Fsp3) is 0.462. The molecule has 2 aliphatic rings. The summed E-state index contributed by atoms with van der Waals surface area (Å²) >= 11 is 0. The lowest BCUT2D eigenvalue weighted by atomic mass is 9.98. The Kier molecular flexibility index (Phi) is 2.40. The van der Waals surface area contributed by atoms with Crippen LogP contribution < -0.4 is 10.1 Å². The van der Waals surface area contributed by atoms with Crippen LogP contribution >= 0.6 is 0 Å². The van der Waals surface area contributed by atoms with Gasteiger partial charge in [0, 0.05) is 17.8 Å². The van der Waals surface area contributed by atoms with Crippen molar-refractivity contribution in [2.75, 3.05) is 13.7 Å². The summed E-state index contributed by atoms with van der Waals surface area (Å²) in [7, 11) is 1.68. The first-order valence-corrected chi connectivity index (χ1v) is 5.86. The molecule has 0 spiro atoms. The summed E-state index contributed by atoms with van der Waals surface area (Å²) in [5.41, 5.74) is 3.93. The first-order valence-electron chi connectivity index (χ1n) is 5.86. The second-order valence-corrected chi connectivity index (χ2v) is 4.37. The molecule has 84 valence electrons. The van der Waals surface area contributed by atoms with E-state index < -0.39 is 0 Å². The number of fused-ring (bicyclic) bond motifs is 1. The molecule has 1 saturated heterocycles. The Morgan fingerprint density at radius 3 is 3.19 bits per heavy atom. The van der Waals surface area contributed by atoms with Crippen LogP contribution in [0.1, 0.15) is 35.6 Å². The molecule has 1 fully saturated rings. The van der Waals surface area contributed by atoms with Crippen LogP contribution in [0.2, 0.25) is 0 Å². The number of aromatic nitrogens is 1. The van der Waals surface area contributed by atoms with Gasteiger partial charge < -0.3 is 10.1 Å². The summed E-state index contributed by atoms with van der Waals surface area (Å²) in [6.07, 6.45) is 9.79. The number of nitrogens with zero attached hydrogens (tertiary/aromatic N) is 1. The molecule has 1 aliphatic heterocycles. The van der Waals surface area contributed by atoms with Gasteiger partial charge in [0.15, 0.2) is 0 Å². The van der Waals surface area contributed by atoms with Gasteiger partial charge in [-0.15, -0.1) is 0 Å². The van der Waals surface area contributed by atoms with Crippen LogP contribution in [-0.4, -0.2) is 18.6 Å². The Balaban J connectivity index is 2.05. The second-order valence-electron chi connectivity index (χ2n) is 4.37. The molecule has 3 rings (SSSR count). The highest BCUT2D eigenvalue weighted by Gasteiger charge is 2.23. The van der Waals surface area contributed by atoms with E-state index in [0.717, 1.165) is 18.8 Å². The van der Waals surface area contributed by atoms with E-state index >= 15 is 0 Å². The molecular weight excluding hydrogens is 200 g/mol. The van der Waals surface area contributed by atoms with Gasteiger partial charge in [0.25, 0.3) is 0 Å². The largest absolute Gasteiger partial charge is 0.481 e. The third-order valence-corrected chi connectivity index (χ3v) is 3.46. The topological polar surface area (TPSA) is 34.1 Å². The maximum absolute atomic E-state index is 5.29. The lowest BCUT2D eigenvalue weighted by Gasteiger charge is -2.16. The molecule has 1 aliphatic carbocycles. The maximum atomic E-state index is 5.29. The Labute approximate surface area is 95.5 Å². The highest BCUT2D eigenvalue weighted by atomic mass is 16.5. The van der Waals surface area contributed by atoms with Crippen molar-refractivity contribution in [1.29, 1.82) is 0 Å². The molecule has 3 nitrogen and oxygen atoms in total. The summed E-state index contributed by atoms with van der Waals surface area (Å²) < 4.78 is 5.29. The normalized spacial score (nSPS) is 22.4. The van der Waals surface area contributed by atoms with E-state index in [2.05, 4.69) is 22.5 Å². The van der Waals surface area contributed by atoms with Crippen LogP contribution in [0.25, 0.3) is 6.08 Å². The molecule has 0 aromatic carbocycles. The van der Waals surface area contributed by atoms with Crippen LogP contribution in [0.5, 0.6) is 5.88 Å². The molecule has 0 saturated carbocycles. The highest BCUT2D eigenvalue weighted by Crippen LogP contribution is 2.34. The van der Waals surface area contributed by atoms with Gasteiger partial charge in [0.2, 0.25) is 5.88 Å². The zero-order valence-corrected chi connectivity index (χ0v) is 9.49. The summed E-state index contributed by atoms with van der Waals surface area (Å²) in [6.45, 7) is 1.12. The second kappa shape index (κ2) is 3.91. The minimum absolute atomic E-state index is 0.493. The predicted molar refractivity (Wildman–Crippen MR) is 63.5 cm³/mol. The number of pyridine rings is 1. The Hall–Kier alpha value is -1.35. The number of hydrogen-bond donors (Lipinski definition) is 1. The summed E-state index contributed by atoms with van der Waals surface area (Å²) in [5.74, 6) is 0.755. The number of hydrogen-bond acceptors (Lipinski definition) is 3. The van der Waals surface area contributed by atoms with Crippen molar-refractivity contribution in [3.05, 3.63) is 29.0 Å². The summed E-state index contributed by atoms with van der Waals surface area (Å²) in [4.78, 5) is 4.40. The van der Waals surface area contributed by atoms with Crippen molar-refractivity contribution < 1.29 is 4.74 Å². The Bertz CT molecular complexity index is 434. The van der Waals surface area contributed by atoms with Gasteiger partial charge in [-0.25, -0.2) is 4.98 Å². The lowest BCUT2D eigenvalue weighted by molar-refractivity contribution is 0.395. The smallest absolute Gasteiger partial charge is 0.220 e. The molecule has 0 bridgehead atoms. The molecule has 16 heavy (non-hydrogen) atoms. The van der Waals surface area contributed by atoms with Crippen LogP contribution in [0, 0.1) is 0 Å². The van der Waals surface area contributed by atoms with Crippen LogP contribution in [0.15, 0.2) is 12.3 Å². The van der Waals surface area contributed by atoms with E-state index in [1.165, 1.54) is 29.5 Å². The number of nitrogens with one attached hydrogen (secondary N) is 1. The SMILES string of the molecule is COc1ncc([C@@H]2CCCN2)c2c1C=CC2. The molecule has 3 heteroatoms. The molecule has 1 N–H and O–H groups in total. The molecule has 0 amide bonds. The van der Waals surface area contributed by atoms with Gasteiger partial charge in [-0.3, -0.25) is 0 Å². The molecule has 0 radical (unpaired) electrons. The predicted octanol–water partition coefficient (Wildman–Crippen LogP) is 2.08. The number of ether oxygens (including phenoxy) is 1. The zero-order valence-electron chi connectivity index (χ0n) is 9.49. The van der Waals surface area contributed by atoms with E-state index in [0.29, 0.717) is 6.04 Å². The van der Waals surface area contributed by atoms with Crippen molar-refractivity contribution in [3.63, 3.8) is 0 Å². The highest BCUT2D eigenvalue weighted by molar-refractivity contribution is 5.66. The van der Waals surface area contributed by atoms with E-state index in [9.17, 15) is 0 Å². The standard InChI is InChI=1S/C13H16N2O/c1-16-13-10-5-2-4-9(10)11(8-15-13)12-6-3-7-14-12/h2,5,8,12,14H,3-4,6-7H2,1H3/t12-/m0/s1. The Morgan fingerprint density at radius 1 is 1.50 bits per heavy atom. The van der Waals surface area contributed by atoms with Crippen molar-refractivity contribution in [2.45, 2.75) is 25.3 Å². The molecule has 0 unspecified atom stereocenters. The monoisotopic (exact) mass is 216 g/mol. The third kappa shape index (κ3) is 1.43. The third-order valence-electron chi connectivity index (χ3n) is 3.46. The fourth-order valence-corrected chi connectivity index (χ4v) is 2.67. The molecule has 1 atom stereocenters. The van der Waals surface area contributed by atoms with Crippen molar-refractivity contribution >= 4 is 6.08 Å². The first-order chi connectivity index (χ1) is 7.90. The van der Waals surface area contributed by atoms with Crippen LogP contribution in [0.3, 0.4) is 0 Å². The number of allylic oxidation sites excluding steroid dienone is 1. The van der Waals surface area contributed by atoms with E-state index in [-0.39, 0.29) is 0 Å². The van der Waals surface area contributed by atoms with E-state index in [1.54, 1.807) is 7.11 Å². The summed E-state index contributed by atoms with van der Waals surface area (Å²) in [5, 5.41) is 3.53. The van der Waals surface area contributed by atoms with Gasteiger partial charge in [0.1, 0.15) is 0 Å². The van der Waals surface area contributed by atoms with Crippen LogP contribution in [-0.2, 0) is 6.42 Å². The van der Waals surface area contributed by atoms with Gasteiger partial charge >= 0.3 is 0 Å². The Morgan fingerprint density at radius 2 is 2.44 bits per heavy atom. The number of rotatable bonds is 2. The van der Waals surface area contributed by atoms with Crippen molar-refractivity contribution in [1.82, 2.24) is 10.3 Å². The minimum Gasteiger partial charge on any atom is -0.481 e. The minimum atomic E-state index is 0.493. The van der Waals surface area contributed by atoms with Crippen molar-refractivity contribution in [2.24, 2.45) is 0 Å². The average molecular weight is 216 g/mol. The van der Waals surface area contributed by atoms with Gasteiger partial charge in [-0.05, 0) is 36.9 Å².